The van der Waals surface area contributed by atoms with E-state index in [1.165, 1.54) is 0 Å². The van der Waals surface area contributed by atoms with Gasteiger partial charge in [-0.15, -0.1) is 0 Å². The van der Waals surface area contributed by atoms with Crippen LogP contribution in [0.3, 0.4) is 0 Å². The SMILES string of the molecule is CCN1CCN(C(=O)COc2cccnc2)[C@H](C)C1=O. The fourth-order valence-electron chi connectivity index (χ4n) is 2.24. The first kappa shape index (κ1) is 14.3. The smallest absolute Gasteiger partial charge is 0.261 e. The monoisotopic (exact) mass is 277 g/mol. The second-order valence-electron chi connectivity index (χ2n) is 4.66. The molecule has 2 amide bonds. The van der Waals surface area contributed by atoms with Crippen LogP contribution in [-0.2, 0) is 9.59 Å². The molecule has 1 aliphatic heterocycles. The van der Waals surface area contributed by atoms with E-state index in [-0.39, 0.29) is 18.4 Å². The number of ether oxygens (including phenoxy) is 1. The Labute approximate surface area is 118 Å². The zero-order chi connectivity index (χ0) is 14.5. The molecule has 0 radical (unpaired) electrons. The Bertz CT molecular complexity index is 478. The molecule has 0 saturated carbocycles. The van der Waals surface area contributed by atoms with Crippen LogP contribution in [0.1, 0.15) is 13.8 Å². The summed E-state index contributed by atoms with van der Waals surface area (Å²) in [5.41, 5.74) is 0. The molecule has 1 aromatic rings. The summed E-state index contributed by atoms with van der Waals surface area (Å²) in [5, 5.41) is 0. The normalized spacial score (nSPS) is 19.1. The highest BCUT2D eigenvalue weighted by Gasteiger charge is 2.33. The number of likely N-dealkylation sites (N-methyl/N-ethyl adjacent to an activating group) is 1. The fraction of sp³-hybridized carbons (Fsp3) is 0.500. The summed E-state index contributed by atoms with van der Waals surface area (Å²) in [6, 6.07) is 3.06. The molecule has 2 heterocycles. The Morgan fingerprint density at radius 1 is 1.50 bits per heavy atom. The largest absolute Gasteiger partial charge is 0.482 e. The Kier molecular flexibility index (Phi) is 4.55. The van der Waals surface area contributed by atoms with Gasteiger partial charge in [0.1, 0.15) is 11.8 Å². The van der Waals surface area contributed by atoms with E-state index in [2.05, 4.69) is 4.98 Å². The van der Waals surface area contributed by atoms with Gasteiger partial charge < -0.3 is 14.5 Å². The van der Waals surface area contributed by atoms with Crippen molar-refractivity contribution in [2.45, 2.75) is 19.9 Å². The number of hydrogen-bond acceptors (Lipinski definition) is 4. The van der Waals surface area contributed by atoms with E-state index in [0.717, 1.165) is 0 Å². The second-order valence-corrected chi connectivity index (χ2v) is 4.66. The minimum absolute atomic E-state index is 0.00604. The van der Waals surface area contributed by atoms with Crippen molar-refractivity contribution in [2.24, 2.45) is 0 Å². The molecule has 0 aliphatic carbocycles. The molecule has 0 aromatic carbocycles. The van der Waals surface area contributed by atoms with Crippen LogP contribution in [0.15, 0.2) is 24.5 Å². The fourth-order valence-corrected chi connectivity index (χ4v) is 2.24. The number of nitrogens with zero attached hydrogens (tertiary/aromatic N) is 3. The molecule has 6 nitrogen and oxygen atoms in total. The van der Waals surface area contributed by atoms with Gasteiger partial charge in [-0.2, -0.15) is 0 Å². The quantitative estimate of drug-likeness (QED) is 0.806. The van der Waals surface area contributed by atoms with E-state index in [9.17, 15) is 9.59 Å². The van der Waals surface area contributed by atoms with E-state index in [4.69, 9.17) is 4.74 Å². The summed E-state index contributed by atoms with van der Waals surface area (Å²) in [6.07, 6.45) is 3.19. The number of piperazine rings is 1. The number of carbonyl (C=O) groups excluding carboxylic acids is 2. The van der Waals surface area contributed by atoms with Gasteiger partial charge >= 0.3 is 0 Å². The van der Waals surface area contributed by atoms with Crippen LogP contribution in [0, 0.1) is 0 Å². The first-order valence-electron chi connectivity index (χ1n) is 6.74. The molecule has 1 aromatic heterocycles. The summed E-state index contributed by atoms with van der Waals surface area (Å²) >= 11 is 0. The van der Waals surface area contributed by atoms with Crippen molar-refractivity contribution in [3.05, 3.63) is 24.5 Å². The number of pyridine rings is 1. The first-order chi connectivity index (χ1) is 9.63. The molecular weight excluding hydrogens is 258 g/mol. The van der Waals surface area contributed by atoms with Crippen molar-refractivity contribution < 1.29 is 14.3 Å². The Balaban J connectivity index is 1.91. The van der Waals surface area contributed by atoms with Crippen LogP contribution >= 0.6 is 0 Å². The molecule has 6 heteroatoms. The van der Waals surface area contributed by atoms with Gasteiger partial charge in [0, 0.05) is 25.8 Å². The van der Waals surface area contributed by atoms with Crippen molar-refractivity contribution in [2.75, 3.05) is 26.2 Å². The van der Waals surface area contributed by atoms with Crippen LogP contribution in [0.25, 0.3) is 0 Å². The molecule has 2 rings (SSSR count). The molecule has 108 valence electrons. The lowest BCUT2D eigenvalue weighted by Crippen LogP contribution is -2.58. The molecule has 0 spiro atoms. The number of hydrogen-bond donors (Lipinski definition) is 0. The van der Waals surface area contributed by atoms with Gasteiger partial charge in [0.05, 0.1) is 6.20 Å². The molecule has 1 atom stereocenters. The van der Waals surface area contributed by atoms with Gasteiger partial charge in [-0.1, -0.05) is 0 Å². The van der Waals surface area contributed by atoms with E-state index >= 15 is 0 Å². The zero-order valence-corrected chi connectivity index (χ0v) is 11.8. The highest BCUT2D eigenvalue weighted by atomic mass is 16.5. The standard InChI is InChI=1S/C14H19N3O3/c1-3-16-7-8-17(11(2)14(16)19)13(18)10-20-12-5-4-6-15-9-12/h4-6,9,11H,3,7-8,10H2,1-2H3/t11-/m1/s1. The molecule has 1 aliphatic rings. The summed E-state index contributed by atoms with van der Waals surface area (Å²) in [4.78, 5) is 31.4. The third-order valence-corrected chi connectivity index (χ3v) is 3.45. The molecule has 0 N–H and O–H groups in total. The van der Waals surface area contributed by atoms with Gasteiger partial charge in [-0.25, -0.2) is 0 Å². The second kappa shape index (κ2) is 6.36. The molecule has 1 saturated heterocycles. The van der Waals surface area contributed by atoms with E-state index in [1.54, 1.807) is 41.2 Å². The lowest BCUT2D eigenvalue weighted by molar-refractivity contribution is -0.151. The molecule has 0 bridgehead atoms. The number of aromatic nitrogens is 1. The summed E-state index contributed by atoms with van der Waals surface area (Å²) < 4.78 is 5.38. The highest BCUT2D eigenvalue weighted by Crippen LogP contribution is 2.12. The summed E-state index contributed by atoms with van der Waals surface area (Å²) in [7, 11) is 0. The van der Waals surface area contributed by atoms with Crippen molar-refractivity contribution in [1.82, 2.24) is 14.8 Å². The van der Waals surface area contributed by atoms with Crippen molar-refractivity contribution in [1.29, 1.82) is 0 Å². The Morgan fingerprint density at radius 3 is 2.95 bits per heavy atom. The van der Waals surface area contributed by atoms with Gasteiger partial charge in [0.15, 0.2) is 6.61 Å². The topological polar surface area (TPSA) is 62.7 Å². The minimum atomic E-state index is -0.423. The minimum Gasteiger partial charge on any atom is -0.482 e. The van der Waals surface area contributed by atoms with Crippen LogP contribution < -0.4 is 4.74 Å². The van der Waals surface area contributed by atoms with Crippen LogP contribution in [-0.4, -0.2) is 58.9 Å². The third kappa shape index (κ3) is 3.07. The van der Waals surface area contributed by atoms with E-state index in [1.807, 2.05) is 6.92 Å². The lowest BCUT2D eigenvalue weighted by atomic mass is 10.1. The lowest BCUT2D eigenvalue weighted by Gasteiger charge is -2.38. The van der Waals surface area contributed by atoms with Crippen LogP contribution in [0.2, 0.25) is 0 Å². The highest BCUT2D eigenvalue weighted by molar-refractivity contribution is 5.89. The van der Waals surface area contributed by atoms with Gasteiger partial charge in [-0.05, 0) is 26.0 Å². The van der Waals surface area contributed by atoms with Crippen molar-refractivity contribution in [3.63, 3.8) is 0 Å². The number of rotatable bonds is 4. The molecule has 1 fully saturated rings. The van der Waals surface area contributed by atoms with E-state index < -0.39 is 6.04 Å². The molecule has 0 unspecified atom stereocenters. The average Bonchev–Trinajstić information content (AvgIpc) is 2.48. The predicted octanol–water partition coefficient (Wildman–Crippen LogP) is 0.540. The number of amides is 2. The summed E-state index contributed by atoms with van der Waals surface area (Å²) in [6.45, 7) is 5.43. The van der Waals surface area contributed by atoms with Crippen molar-refractivity contribution in [3.8, 4) is 5.75 Å². The van der Waals surface area contributed by atoms with Crippen molar-refractivity contribution >= 4 is 11.8 Å². The maximum Gasteiger partial charge on any atom is 0.261 e. The Morgan fingerprint density at radius 2 is 2.30 bits per heavy atom. The average molecular weight is 277 g/mol. The summed E-state index contributed by atoms with van der Waals surface area (Å²) in [5.74, 6) is 0.367. The van der Waals surface area contributed by atoms with Gasteiger partial charge in [0.2, 0.25) is 5.91 Å². The zero-order valence-electron chi connectivity index (χ0n) is 11.8. The Hall–Kier alpha value is -2.11. The first-order valence-corrected chi connectivity index (χ1v) is 6.74. The molecule has 20 heavy (non-hydrogen) atoms. The van der Waals surface area contributed by atoms with E-state index in [0.29, 0.717) is 25.4 Å². The predicted molar refractivity (Wildman–Crippen MR) is 73.2 cm³/mol. The van der Waals surface area contributed by atoms with Gasteiger partial charge in [-0.3, -0.25) is 14.6 Å². The van der Waals surface area contributed by atoms with Crippen LogP contribution in [0.5, 0.6) is 5.75 Å². The maximum absolute atomic E-state index is 12.1. The number of carbonyl (C=O) groups is 2. The maximum atomic E-state index is 12.1. The van der Waals surface area contributed by atoms with Gasteiger partial charge in [0.25, 0.3) is 5.91 Å². The van der Waals surface area contributed by atoms with Crippen LogP contribution in [0.4, 0.5) is 0 Å². The molecular formula is C14H19N3O3. The third-order valence-electron chi connectivity index (χ3n) is 3.45.